The van der Waals surface area contributed by atoms with Gasteiger partial charge in [0.1, 0.15) is 36.6 Å². The normalized spacial score (nSPS) is 34.4. The van der Waals surface area contributed by atoms with Crippen LogP contribution in [-0.2, 0) is 30.3 Å². The number of aliphatic hydroxyl groups excluding tert-OH is 1. The van der Waals surface area contributed by atoms with Crippen molar-refractivity contribution in [2.75, 3.05) is 13.2 Å². The van der Waals surface area contributed by atoms with E-state index in [1.165, 1.54) is 6.42 Å². The summed E-state index contributed by atoms with van der Waals surface area (Å²) in [6.07, 6.45) is 4.90. The molecule has 4 rings (SSSR count). The van der Waals surface area contributed by atoms with E-state index in [1.807, 2.05) is 30.3 Å². The Labute approximate surface area is 184 Å². The van der Waals surface area contributed by atoms with Gasteiger partial charge in [0.2, 0.25) is 0 Å². The first-order chi connectivity index (χ1) is 15.2. The largest absolute Gasteiger partial charge is 0.387 e. The van der Waals surface area contributed by atoms with Crippen LogP contribution in [0.3, 0.4) is 0 Å². The smallest absolute Gasteiger partial charge is 0.169 e. The number of ether oxygens (including phenoxy) is 5. The third-order valence-electron chi connectivity index (χ3n) is 6.38. The van der Waals surface area contributed by atoms with E-state index < -0.39 is 42.4 Å². The van der Waals surface area contributed by atoms with Crippen LogP contribution in [0.4, 0.5) is 0 Å². The van der Waals surface area contributed by atoms with Crippen molar-refractivity contribution >= 4 is 0 Å². The van der Waals surface area contributed by atoms with E-state index in [2.05, 4.69) is 13.2 Å². The second-order valence-electron chi connectivity index (χ2n) is 8.56. The highest BCUT2D eigenvalue weighted by Gasteiger charge is 2.61. The molecule has 1 aromatic rings. The van der Waals surface area contributed by atoms with E-state index in [4.69, 9.17) is 23.7 Å². The summed E-state index contributed by atoms with van der Waals surface area (Å²) >= 11 is 0. The minimum atomic E-state index is -0.929. The van der Waals surface area contributed by atoms with Gasteiger partial charge < -0.3 is 28.8 Å². The fourth-order valence-corrected chi connectivity index (χ4v) is 4.96. The maximum absolute atomic E-state index is 11.3. The average Bonchev–Trinajstić information content (AvgIpc) is 3.15. The predicted molar refractivity (Wildman–Crippen MR) is 116 cm³/mol. The van der Waals surface area contributed by atoms with Crippen molar-refractivity contribution in [2.24, 2.45) is 0 Å². The van der Waals surface area contributed by atoms with Crippen LogP contribution in [0.1, 0.15) is 37.7 Å². The van der Waals surface area contributed by atoms with Crippen molar-refractivity contribution in [3.8, 4) is 0 Å². The average molecular weight is 431 g/mol. The van der Waals surface area contributed by atoms with E-state index >= 15 is 0 Å². The van der Waals surface area contributed by atoms with Crippen LogP contribution in [0.2, 0.25) is 0 Å². The van der Waals surface area contributed by atoms with Crippen molar-refractivity contribution in [3.63, 3.8) is 0 Å². The molecule has 1 aromatic carbocycles. The van der Waals surface area contributed by atoms with Crippen molar-refractivity contribution < 1.29 is 28.8 Å². The van der Waals surface area contributed by atoms with Gasteiger partial charge in [-0.25, -0.2) is 0 Å². The highest BCUT2D eigenvalue weighted by molar-refractivity contribution is 5.14. The first-order valence-electron chi connectivity index (χ1n) is 11.3. The van der Waals surface area contributed by atoms with Crippen LogP contribution in [-0.4, -0.2) is 60.7 Å². The van der Waals surface area contributed by atoms with Crippen LogP contribution in [0.5, 0.6) is 0 Å². The fourth-order valence-electron chi connectivity index (χ4n) is 4.96. The minimum Gasteiger partial charge on any atom is -0.387 e. The van der Waals surface area contributed by atoms with Crippen molar-refractivity contribution in [1.82, 2.24) is 0 Å². The summed E-state index contributed by atoms with van der Waals surface area (Å²) in [6, 6.07) is 9.89. The zero-order valence-electron chi connectivity index (χ0n) is 18.1. The molecule has 6 heteroatoms. The van der Waals surface area contributed by atoms with Crippen molar-refractivity contribution in [2.45, 2.75) is 81.1 Å². The molecule has 1 saturated heterocycles. The molecule has 6 nitrogen and oxygen atoms in total. The van der Waals surface area contributed by atoms with E-state index in [-0.39, 0.29) is 0 Å². The van der Waals surface area contributed by atoms with E-state index in [0.29, 0.717) is 19.8 Å². The number of aliphatic hydroxyl groups is 1. The molecule has 0 bridgehead atoms. The number of hydrogen-bond acceptors (Lipinski definition) is 6. The standard InChI is InChI=1S/C25H34O6/c1-3-15-27-21-19(26)20(29-17-18-11-7-5-8-12-18)22(28-16-4-2)24-23(21)30-25(31-24)13-9-6-10-14-25/h3-5,7-8,11-12,19-24,26H,1-2,6,9-10,13-17H2/t19-,20-,21+,22+,23-,24+/m1/s1. The Morgan fingerprint density at radius 3 is 2.13 bits per heavy atom. The molecule has 170 valence electrons. The molecule has 0 radical (unpaired) electrons. The van der Waals surface area contributed by atoms with E-state index in [9.17, 15) is 5.11 Å². The summed E-state index contributed by atoms with van der Waals surface area (Å²) in [6.45, 7) is 8.51. The van der Waals surface area contributed by atoms with Gasteiger partial charge in [0.25, 0.3) is 0 Å². The number of rotatable bonds is 9. The van der Waals surface area contributed by atoms with Crippen LogP contribution in [0.15, 0.2) is 55.6 Å². The van der Waals surface area contributed by atoms with Crippen molar-refractivity contribution in [1.29, 1.82) is 0 Å². The highest BCUT2D eigenvalue weighted by Crippen LogP contribution is 2.46. The summed E-state index contributed by atoms with van der Waals surface area (Å²) < 4.78 is 31.4. The predicted octanol–water partition coefficient (Wildman–Crippen LogP) is 3.53. The topological polar surface area (TPSA) is 66.4 Å². The van der Waals surface area contributed by atoms with Gasteiger partial charge in [-0.2, -0.15) is 0 Å². The molecule has 31 heavy (non-hydrogen) atoms. The molecule has 1 N–H and O–H groups in total. The molecule has 2 saturated carbocycles. The lowest BCUT2D eigenvalue weighted by Gasteiger charge is -2.44. The van der Waals surface area contributed by atoms with Gasteiger partial charge in [0.05, 0.1) is 19.8 Å². The molecule has 0 unspecified atom stereocenters. The molecule has 3 aliphatic rings. The Balaban J connectivity index is 1.59. The fraction of sp³-hybridized carbons (Fsp3) is 0.600. The van der Waals surface area contributed by atoms with Gasteiger partial charge in [-0.15, -0.1) is 13.2 Å². The maximum Gasteiger partial charge on any atom is 0.169 e. The van der Waals surface area contributed by atoms with Gasteiger partial charge in [0, 0.05) is 12.8 Å². The molecule has 0 aromatic heterocycles. The van der Waals surface area contributed by atoms with Crippen molar-refractivity contribution in [3.05, 3.63) is 61.2 Å². The molecule has 1 aliphatic heterocycles. The lowest BCUT2D eigenvalue weighted by atomic mass is 9.84. The Kier molecular flexibility index (Phi) is 7.59. The zero-order valence-corrected chi connectivity index (χ0v) is 18.1. The van der Waals surface area contributed by atoms with Crippen LogP contribution in [0, 0.1) is 0 Å². The molecule has 1 heterocycles. The maximum atomic E-state index is 11.3. The Morgan fingerprint density at radius 2 is 1.48 bits per heavy atom. The first-order valence-corrected chi connectivity index (χ1v) is 11.3. The molecular weight excluding hydrogens is 396 g/mol. The van der Waals surface area contributed by atoms with Crippen LogP contribution < -0.4 is 0 Å². The molecule has 1 spiro atoms. The van der Waals surface area contributed by atoms with Crippen LogP contribution in [0.25, 0.3) is 0 Å². The Hall–Kier alpha value is -1.54. The highest BCUT2D eigenvalue weighted by atomic mass is 16.8. The summed E-state index contributed by atoms with van der Waals surface area (Å²) in [5.41, 5.74) is 1.02. The van der Waals surface area contributed by atoms with E-state index in [0.717, 1.165) is 31.2 Å². The van der Waals surface area contributed by atoms with E-state index in [1.54, 1.807) is 12.2 Å². The summed E-state index contributed by atoms with van der Waals surface area (Å²) in [5.74, 6) is -0.632. The molecule has 0 amide bonds. The minimum absolute atomic E-state index is 0.310. The van der Waals surface area contributed by atoms with Gasteiger partial charge in [-0.1, -0.05) is 48.9 Å². The third kappa shape index (κ3) is 4.95. The molecule has 6 atom stereocenters. The zero-order chi connectivity index (χ0) is 21.7. The monoisotopic (exact) mass is 430 g/mol. The second kappa shape index (κ2) is 10.4. The summed E-state index contributed by atoms with van der Waals surface area (Å²) in [4.78, 5) is 0. The Morgan fingerprint density at radius 1 is 0.871 bits per heavy atom. The lowest BCUT2D eigenvalue weighted by Crippen LogP contribution is -2.64. The van der Waals surface area contributed by atoms with Gasteiger partial charge in [-0.05, 0) is 18.4 Å². The van der Waals surface area contributed by atoms with Gasteiger partial charge >= 0.3 is 0 Å². The SMILES string of the molecule is C=CCO[C@@H]1[C@@H]2OC3(CCCCC3)O[C@@H]2[C@@H](OCC=C)[C@H](O)[C@H]1OCc1ccccc1. The Bertz CT molecular complexity index is 716. The number of benzene rings is 1. The van der Waals surface area contributed by atoms with Gasteiger partial charge in [0.15, 0.2) is 5.79 Å². The number of hydrogen-bond donors (Lipinski definition) is 1. The van der Waals surface area contributed by atoms with Crippen LogP contribution >= 0.6 is 0 Å². The third-order valence-corrected chi connectivity index (χ3v) is 6.38. The lowest BCUT2D eigenvalue weighted by molar-refractivity contribution is -0.230. The number of fused-ring (bicyclic) bond motifs is 1. The molecule has 3 fully saturated rings. The quantitative estimate of drug-likeness (QED) is 0.605. The molecular formula is C25H34O6. The summed E-state index contributed by atoms with van der Waals surface area (Å²) in [5, 5.41) is 11.3. The summed E-state index contributed by atoms with van der Waals surface area (Å²) in [7, 11) is 0. The second-order valence-corrected chi connectivity index (χ2v) is 8.56. The van der Waals surface area contributed by atoms with Gasteiger partial charge in [-0.3, -0.25) is 0 Å². The molecule has 2 aliphatic carbocycles. The first kappa shape index (κ1) is 22.6.